The summed E-state index contributed by atoms with van der Waals surface area (Å²) in [5.41, 5.74) is 0. The van der Waals surface area contributed by atoms with Crippen molar-refractivity contribution >= 4 is 31.9 Å². The summed E-state index contributed by atoms with van der Waals surface area (Å²) in [7, 11) is 0. The van der Waals surface area contributed by atoms with E-state index in [4.69, 9.17) is 0 Å². The van der Waals surface area contributed by atoms with E-state index in [-0.39, 0.29) is 0 Å². The molecular formula is C12H20Br2. The molecule has 0 aliphatic heterocycles. The molecular weight excluding hydrogens is 304 g/mol. The molecule has 0 aromatic heterocycles. The van der Waals surface area contributed by atoms with Crippen LogP contribution in [0.5, 0.6) is 0 Å². The third kappa shape index (κ3) is 2.07. The second-order valence-electron chi connectivity index (χ2n) is 5.05. The maximum absolute atomic E-state index is 4.08. The zero-order chi connectivity index (χ0) is 10.1. The lowest BCUT2D eigenvalue weighted by Gasteiger charge is -2.40. The van der Waals surface area contributed by atoms with Crippen LogP contribution < -0.4 is 0 Å². The molecule has 0 amide bonds. The van der Waals surface area contributed by atoms with E-state index < -0.39 is 0 Å². The summed E-state index contributed by atoms with van der Waals surface area (Å²) in [5.74, 6) is 0. The van der Waals surface area contributed by atoms with Gasteiger partial charge in [-0.2, -0.15) is 0 Å². The first-order chi connectivity index (χ1) is 6.66. The first-order valence-electron chi connectivity index (χ1n) is 6.04. The Hall–Kier alpha value is 0.960. The second-order valence-corrected chi connectivity index (χ2v) is 8.09. The van der Waals surface area contributed by atoms with Crippen LogP contribution in [0, 0.1) is 0 Å². The van der Waals surface area contributed by atoms with Gasteiger partial charge in [0.1, 0.15) is 0 Å². The van der Waals surface area contributed by atoms with E-state index in [2.05, 4.69) is 31.9 Å². The lowest BCUT2D eigenvalue weighted by atomic mass is 9.84. The Bertz CT molecular complexity index is 186. The van der Waals surface area contributed by atoms with Gasteiger partial charge in [-0.05, 0) is 25.7 Å². The lowest BCUT2D eigenvalue weighted by Crippen LogP contribution is -2.42. The molecule has 0 aromatic carbocycles. The molecule has 0 unspecified atom stereocenters. The Morgan fingerprint density at radius 2 is 0.786 bits per heavy atom. The summed E-state index contributed by atoms with van der Waals surface area (Å²) >= 11 is 8.13. The average molecular weight is 324 g/mol. The van der Waals surface area contributed by atoms with Crippen LogP contribution in [0.2, 0.25) is 0 Å². The van der Waals surface area contributed by atoms with Crippen LogP contribution in [0.4, 0.5) is 0 Å². The summed E-state index contributed by atoms with van der Waals surface area (Å²) in [6.45, 7) is 0. The van der Waals surface area contributed by atoms with Gasteiger partial charge in [0.25, 0.3) is 0 Å². The molecule has 2 aliphatic rings. The van der Waals surface area contributed by atoms with Crippen LogP contribution >= 0.6 is 31.9 Å². The van der Waals surface area contributed by atoms with Gasteiger partial charge in [0.2, 0.25) is 0 Å². The molecule has 2 heteroatoms. The zero-order valence-electron chi connectivity index (χ0n) is 8.83. The van der Waals surface area contributed by atoms with E-state index in [0.717, 1.165) is 0 Å². The first-order valence-corrected chi connectivity index (χ1v) is 7.63. The molecule has 0 N–H and O–H groups in total. The van der Waals surface area contributed by atoms with E-state index in [1.54, 1.807) is 0 Å². The van der Waals surface area contributed by atoms with Crippen molar-refractivity contribution in [2.75, 3.05) is 0 Å². The Labute approximate surface area is 104 Å². The van der Waals surface area contributed by atoms with Crippen molar-refractivity contribution in [1.82, 2.24) is 0 Å². The van der Waals surface area contributed by atoms with E-state index >= 15 is 0 Å². The number of hydrogen-bond acceptors (Lipinski definition) is 0. The molecule has 2 saturated carbocycles. The molecule has 0 bridgehead atoms. The first kappa shape index (κ1) is 11.4. The molecule has 0 atom stereocenters. The van der Waals surface area contributed by atoms with Crippen molar-refractivity contribution in [2.45, 2.75) is 72.9 Å². The molecule has 2 aliphatic carbocycles. The molecule has 2 rings (SSSR count). The van der Waals surface area contributed by atoms with Crippen molar-refractivity contribution in [3.8, 4) is 0 Å². The Balaban J connectivity index is 2.11. The van der Waals surface area contributed by atoms with Crippen molar-refractivity contribution in [3.05, 3.63) is 0 Å². The fourth-order valence-corrected chi connectivity index (χ4v) is 5.03. The number of rotatable bonds is 1. The summed E-state index contributed by atoms with van der Waals surface area (Å²) < 4.78 is 0.831. The molecule has 2 fully saturated rings. The number of hydrogen-bond donors (Lipinski definition) is 0. The average Bonchev–Trinajstić information content (AvgIpc) is 2.48. The highest BCUT2D eigenvalue weighted by Crippen LogP contribution is 2.55. The van der Waals surface area contributed by atoms with Gasteiger partial charge < -0.3 is 0 Å². The van der Waals surface area contributed by atoms with Gasteiger partial charge in [-0.3, -0.25) is 0 Å². The molecule has 0 nitrogen and oxygen atoms in total. The van der Waals surface area contributed by atoms with Gasteiger partial charge in [0, 0.05) is 8.65 Å². The summed E-state index contributed by atoms with van der Waals surface area (Å²) in [4.78, 5) is 0. The van der Waals surface area contributed by atoms with Gasteiger partial charge >= 0.3 is 0 Å². The van der Waals surface area contributed by atoms with Gasteiger partial charge in [-0.15, -0.1) is 0 Å². The van der Waals surface area contributed by atoms with E-state index in [9.17, 15) is 0 Å². The highest BCUT2D eigenvalue weighted by Gasteiger charge is 2.48. The fourth-order valence-electron chi connectivity index (χ4n) is 3.12. The predicted molar refractivity (Wildman–Crippen MR) is 69.5 cm³/mol. The maximum atomic E-state index is 4.08. The van der Waals surface area contributed by atoms with Gasteiger partial charge in [-0.25, -0.2) is 0 Å². The van der Waals surface area contributed by atoms with Crippen LogP contribution in [-0.4, -0.2) is 8.65 Å². The fraction of sp³-hybridized carbons (Fsp3) is 1.00. The highest BCUT2D eigenvalue weighted by atomic mass is 79.9. The van der Waals surface area contributed by atoms with Crippen LogP contribution in [0.3, 0.4) is 0 Å². The van der Waals surface area contributed by atoms with Gasteiger partial charge in [0.15, 0.2) is 0 Å². The van der Waals surface area contributed by atoms with Crippen molar-refractivity contribution in [3.63, 3.8) is 0 Å². The van der Waals surface area contributed by atoms with E-state index in [0.29, 0.717) is 8.65 Å². The molecule has 0 radical (unpaired) electrons. The minimum atomic E-state index is 0.410. The minimum absolute atomic E-state index is 0.410. The monoisotopic (exact) mass is 322 g/mol. The Morgan fingerprint density at radius 3 is 1.14 bits per heavy atom. The quantitative estimate of drug-likeness (QED) is 0.460. The van der Waals surface area contributed by atoms with Crippen molar-refractivity contribution < 1.29 is 0 Å². The molecule has 0 heterocycles. The van der Waals surface area contributed by atoms with Crippen molar-refractivity contribution in [2.24, 2.45) is 0 Å². The summed E-state index contributed by atoms with van der Waals surface area (Å²) in [6.07, 6.45) is 14.0. The lowest BCUT2D eigenvalue weighted by molar-refractivity contribution is 0.401. The highest BCUT2D eigenvalue weighted by molar-refractivity contribution is 9.13. The zero-order valence-corrected chi connectivity index (χ0v) is 12.0. The largest absolute Gasteiger partial charge is 0.0838 e. The molecule has 14 heavy (non-hydrogen) atoms. The smallest absolute Gasteiger partial charge is 0.0410 e. The predicted octanol–water partition coefficient (Wildman–Crippen LogP) is 5.18. The Morgan fingerprint density at radius 1 is 0.500 bits per heavy atom. The minimum Gasteiger partial charge on any atom is -0.0838 e. The van der Waals surface area contributed by atoms with Crippen LogP contribution in [0.1, 0.15) is 64.2 Å². The number of alkyl halides is 2. The topological polar surface area (TPSA) is 0 Å². The van der Waals surface area contributed by atoms with E-state index in [1.165, 1.54) is 64.2 Å². The third-order valence-corrected chi connectivity index (χ3v) is 7.73. The Kier molecular flexibility index (Phi) is 3.64. The number of halogens is 2. The molecule has 82 valence electrons. The van der Waals surface area contributed by atoms with Gasteiger partial charge in [-0.1, -0.05) is 70.4 Å². The second kappa shape index (κ2) is 4.45. The third-order valence-electron chi connectivity index (χ3n) is 4.10. The SMILES string of the molecule is BrC1(C2(Br)CCCC2)CCCCCC1. The maximum Gasteiger partial charge on any atom is 0.0410 e. The summed E-state index contributed by atoms with van der Waals surface area (Å²) in [6, 6.07) is 0. The standard InChI is InChI=1S/C12H20Br2/c13-11(7-3-1-2-4-8-11)12(14)9-5-6-10-12/h1-10H2. The molecule has 0 spiro atoms. The normalized spacial score (nSPS) is 31.3. The van der Waals surface area contributed by atoms with Crippen molar-refractivity contribution in [1.29, 1.82) is 0 Å². The summed E-state index contributed by atoms with van der Waals surface area (Å²) in [5, 5.41) is 0. The van der Waals surface area contributed by atoms with E-state index in [1.807, 2.05) is 0 Å². The van der Waals surface area contributed by atoms with Crippen LogP contribution in [0.25, 0.3) is 0 Å². The van der Waals surface area contributed by atoms with Crippen LogP contribution in [0.15, 0.2) is 0 Å². The molecule has 0 aromatic rings. The molecule has 0 saturated heterocycles. The van der Waals surface area contributed by atoms with Crippen LogP contribution in [-0.2, 0) is 0 Å². The van der Waals surface area contributed by atoms with Gasteiger partial charge in [0.05, 0.1) is 0 Å².